The van der Waals surface area contributed by atoms with Crippen molar-refractivity contribution in [3.63, 3.8) is 0 Å². The van der Waals surface area contributed by atoms with Crippen LogP contribution in [-0.2, 0) is 13.1 Å². The minimum absolute atomic E-state index is 0. The van der Waals surface area contributed by atoms with Crippen LogP contribution >= 0.6 is 24.0 Å². The molecule has 28 heavy (non-hydrogen) atoms. The van der Waals surface area contributed by atoms with E-state index in [9.17, 15) is 8.78 Å². The van der Waals surface area contributed by atoms with E-state index >= 15 is 0 Å². The summed E-state index contributed by atoms with van der Waals surface area (Å²) in [4.78, 5) is 8.50. The maximum absolute atomic E-state index is 12.8. The van der Waals surface area contributed by atoms with Gasteiger partial charge in [-0.1, -0.05) is 17.3 Å². The van der Waals surface area contributed by atoms with Crippen LogP contribution in [0.1, 0.15) is 31.1 Å². The summed E-state index contributed by atoms with van der Waals surface area (Å²) in [6.07, 6.45) is 0. The van der Waals surface area contributed by atoms with Crippen LogP contribution in [0.15, 0.2) is 27.7 Å². The van der Waals surface area contributed by atoms with E-state index in [1.165, 1.54) is 0 Å². The third-order valence-electron chi connectivity index (χ3n) is 3.30. The highest BCUT2D eigenvalue weighted by Gasteiger charge is 2.15. The number of rotatable bonds is 9. The first-order chi connectivity index (χ1) is 13.0. The second-order valence-corrected chi connectivity index (χ2v) is 5.34. The quantitative estimate of drug-likeness (QED) is 0.303. The molecule has 0 spiro atoms. The first-order valence-corrected chi connectivity index (χ1v) is 8.54. The van der Waals surface area contributed by atoms with Gasteiger partial charge in [0.25, 0.3) is 0 Å². The molecular weight excluding hydrogens is 487 g/mol. The van der Waals surface area contributed by atoms with Gasteiger partial charge >= 0.3 is 6.61 Å². The zero-order chi connectivity index (χ0) is 19.6. The van der Waals surface area contributed by atoms with Gasteiger partial charge in [-0.2, -0.15) is 13.8 Å². The van der Waals surface area contributed by atoms with E-state index < -0.39 is 6.61 Å². The van der Waals surface area contributed by atoms with Gasteiger partial charge in [-0.3, -0.25) is 0 Å². The standard InChI is InChI=1S/C17H23F2N5O3.HI/c1-4-20-17(22-10-14-23-11(3)24-27-14)21-9-12-7-6-8-13(25-5-2)15(12)26-16(18)19;/h6-8,16H,4-5,9-10H2,1-3H3,(H2,20,21,22);1H. The Bertz CT molecular complexity index is 758. The zero-order valence-corrected chi connectivity index (χ0v) is 18.2. The van der Waals surface area contributed by atoms with E-state index in [2.05, 4.69) is 30.5 Å². The molecule has 156 valence electrons. The van der Waals surface area contributed by atoms with Crippen molar-refractivity contribution < 1.29 is 22.8 Å². The summed E-state index contributed by atoms with van der Waals surface area (Å²) in [7, 11) is 0. The van der Waals surface area contributed by atoms with Crippen molar-refractivity contribution in [1.29, 1.82) is 0 Å². The molecule has 0 radical (unpaired) electrons. The molecular formula is C17H24F2IN5O3. The maximum atomic E-state index is 12.8. The fraction of sp³-hybridized carbons (Fsp3) is 0.471. The predicted molar refractivity (Wildman–Crippen MR) is 110 cm³/mol. The molecule has 0 unspecified atom stereocenters. The number of guanidine groups is 1. The lowest BCUT2D eigenvalue weighted by atomic mass is 10.2. The summed E-state index contributed by atoms with van der Waals surface area (Å²) in [6.45, 7) is 3.80. The number of nitrogens with one attached hydrogen (secondary N) is 2. The number of aryl methyl sites for hydroxylation is 1. The average molecular weight is 511 g/mol. The minimum atomic E-state index is -2.96. The van der Waals surface area contributed by atoms with Crippen LogP contribution < -0.4 is 20.1 Å². The minimum Gasteiger partial charge on any atom is -0.490 e. The lowest BCUT2D eigenvalue weighted by molar-refractivity contribution is -0.0520. The number of halogens is 3. The Morgan fingerprint density at radius 2 is 2.07 bits per heavy atom. The summed E-state index contributed by atoms with van der Waals surface area (Å²) in [5.41, 5.74) is 0.479. The monoisotopic (exact) mass is 511 g/mol. The lowest BCUT2D eigenvalue weighted by Crippen LogP contribution is -2.36. The van der Waals surface area contributed by atoms with Crippen LogP contribution in [0.5, 0.6) is 11.5 Å². The first-order valence-electron chi connectivity index (χ1n) is 8.54. The molecule has 1 aromatic heterocycles. The Morgan fingerprint density at radius 3 is 2.68 bits per heavy atom. The van der Waals surface area contributed by atoms with Gasteiger partial charge in [-0.15, -0.1) is 24.0 Å². The van der Waals surface area contributed by atoms with Crippen LogP contribution in [0.2, 0.25) is 0 Å². The number of aliphatic imine (C=N–C) groups is 1. The van der Waals surface area contributed by atoms with E-state index in [-0.39, 0.29) is 48.6 Å². The van der Waals surface area contributed by atoms with Crippen molar-refractivity contribution in [2.45, 2.75) is 40.5 Å². The molecule has 11 heteroatoms. The lowest BCUT2D eigenvalue weighted by Gasteiger charge is -2.15. The highest BCUT2D eigenvalue weighted by atomic mass is 127. The Kier molecular flexibility index (Phi) is 10.5. The van der Waals surface area contributed by atoms with Crippen molar-refractivity contribution in [3.05, 3.63) is 35.5 Å². The van der Waals surface area contributed by atoms with Gasteiger partial charge in [-0.05, 0) is 26.8 Å². The molecule has 0 saturated carbocycles. The van der Waals surface area contributed by atoms with Crippen molar-refractivity contribution in [2.24, 2.45) is 4.99 Å². The molecule has 2 aromatic rings. The Morgan fingerprint density at radius 1 is 1.29 bits per heavy atom. The summed E-state index contributed by atoms with van der Waals surface area (Å²) in [5, 5.41) is 9.81. The third kappa shape index (κ3) is 7.44. The largest absolute Gasteiger partial charge is 0.490 e. The third-order valence-corrected chi connectivity index (χ3v) is 3.30. The number of ether oxygens (including phenoxy) is 2. The number of hydrogen-bond donors (Lipinski definition) is 2. The molecule has 0 aliphatic carbocycles. The second kappa shape index (κ2) is 12.3. The van der Waals surface area contributed by atoms with Gasteiger partial charge in [0.2, 0.25) is 5.89 Å². The van der Waals surface area contributed by atoms with Gasteiger partial charge in [-0.25, -0.2) is 4.99 Å². The van der Waals surface area contributed by atoms with Crippen LogP contribution in [0.25, 0.3) is 0 Å². The Balaban J connectivity index is 0.00000392. The van der Waals surface area contributed by atoms with E-state index in [0.717, 1.165) is 0 Å². The smallest absolute Gasteiger partial charge is 0.387 e. The molecule has 0 bridgehead atoms. The van der Waals surface area contributed by atoms with Crippen LogP contribution in [-0.4, -0.2) is 35.9 Å². The molecule has 1 aromatic carbocycles. The topological polar surface area (TPSA) is 93.8 Å². The van der Waals surface area contributed by atoms with Gasteiger partial charge in [0.05, 0.1) is 19.7 Å². The number of nitrogens with zero attached hydrogens (tertiary/aromatic N) is 3. The SMILES string of the molecule is CCNC(=NCc1cccc(OCC)c1OC(F)F)NCc1nc(C)no1.I. The molecule has 0 fully saturated rings. The number of benzene rings is 1. The van der Waals surface area contributed by atoms with Gasteiger partial charge in [0, 0.05) is 12.1 Å². The molecule has 2 rings (SSSR count). The number of para-hydroxylation sites is 1. The number of hydrogen-bond acceptors (Lipinski definition) is 6. The van der Waals surface area contributed by atoms with Crippen molar-refractivity contribution in [1.82, 2.24) is 20.8 Å². The van der Waals surface area contributed by atoms with Crippen molar-refractivity contribution >= 4 is 29.9 Å². The Labute approximate surface area is 179 Å². The summed E-state index contributed by atoms with van der Waals surface area (Å²) in [5.74, 6) is 1.66. The first kappa shape index (κ1) is 23.9. The molecule has 1 heterocycles. The van der Waals surface area contributed by atoms with Crippen molar-refractivity contribution in [3.8, 4) is 11.5 Å². The van der Waals surface area contributed by atoms with Crippen LogP contribution in [0.3, 0.4) is 0 Å². The van der Waals surface area contributed by atoms with Crippen molar-refractivity contribution in [2.75, 3.05) is 13.2 Å². The van der Waals surface area contributed by atoms with E-state index in [1.807, 2.05) is 6.92 Å². The normalized spacial score (nSPS) is 11.1. The van der Waals surface area contributed by atoms with E-state index in [0.29, 0.717) is 36.4 Å². The van der Waals surface area contributed by atoms with E-state index in [4.69, 9.17) is 9.26 Å². The molecule has 0 aliphatic rings. The highest BCUT2D eigenvalue weighted by Crippen LogP contribution is 2.33. The fourth-order valence-corrected chi connectivity index (χ4v) is 2.25. The molecule has 0 saturated heterocycles. The fourth-order valence-electron chi connectivity index (χ4n) is 2.25. The van der Waals surface area contributed by atoms with Gasteiger partial charge < -0.3 is 24.6 Å². The summed E-state index contributed by atoms with van der Waals surface area (Å²) >= 11 is 0. The summed E-state index contributed by atoms with van der Waals surface area (Å²) < 4.78 is 40.6. The Hall–Kier alpha value is -2.18. The molecule has 0 atom stereocenters. The zero-order valence-electron chi connectivity index (χ0n) is 15.9. The molecule has 2 N–H and O–H groups in total. The molecule has 0 amide bonds. The second-order valence-electron chi connectivity index (χ2n) is 5.34. The van der Waals surface area contributed by atoms with E-state index in [1.54, 1.807) is 32.0 Å². The number of aromatic nitrogens is 2. The summed E-state index contributed by atoms with van der Waals surface area (Å²) in [6, 6.07) is 4.94. The van der Waals surface area contributed by atoms with Gasteiger partial charge in [0.15, 0.2) is 23.3 Å². The highest BCUT2D eigenvalue weighted by molar-refractivity contribution is 14.0. The average Bonchev–Trinajstić information content (AvgIpc) is 3.04. The van der Waals surface area contributed by atoms with Gasteiger partial charge in [0.1, 0.15) is 0 Å². The molecule has 8 nitrogen and oxygen atoms in total. The molecule has 0 aliphatic heterocycles. The van der Waals surface area contributed by atoms with Crippen LogP contribution in [0, 0.1) is 6.92 Å². The van der Waals surface area contributed by atoms with Crippen LogP contribution in [0.4, 0.5) is 8.78 Å². The maximum Gasteiger partial charge on any atom is 0.387 e. The predicted octanol–water partition coefficient (Wildman–Crippen LogP) is 3.25. The number of alkyl halides is 2.